The number of halogens is 2. The largest absolute Gasteiger partial charge is 0.488 e. The number of carbonyl (C=O) groups is 1. The first kappa shape index (κ1) is 13.9. The van der Waals surface area contributed by atoms with Crippen LogP contribution in [0.5, 0.6) is 17.2 Å². The number of rotatable bonds is 4. The van der Waals surface area contributed by atoms with Gasteiger partial charge in [-0.1, -0.05) is 22.0 Å². The molecule has 0 amide bonds. The first-order valence-corrected chi connectivity index (χ1v) is 6.92. The molecule has 0 aliphatic carbocycles. The summed E-state index contributed by atoms with van der Waals surface area (Å²) in [6.07, 6.45) is 0.662. The van der Waals surface area contributed by atoms with Crippen molar-refractivity contribution in [2.24, 2.45) is 0 Å². The van der Waals surface area contributed by atoms with Crippen molar-refractivity contribution in [3.05, 3.63) is 51.7 Å². The molecular weight excluding hydrogens is 343 g/mol. The number of carbonyl (C=O) groups excluding carboxylic acids is 1. The monoisotopic (exact) mass is 352 g/mol. The Balaban J connectivity index is 1.83. The minimum atomic E-state index is -0.377. The number of hydrogen-bond donors (Lipinski definition) is 0. The van der Waals surface area contributed by atoms with Crippen LogP contribution >= 0.6 is 15.9 Å². The smallest absolute Gasteiger partial charge is 0.231 e. The van der Waals surface area contributed by atoms with E-state index in [4.69, 9.17) is 14.2 Å². The van der Waals surface area contributed by atoms with E-state index >= 15 is 0 Å². The Morgan fingerprint density at radius 1 is 1.24 bits per heavy atom. The van der Waals surface area contributed by atoms with Gasteiger partial charge in [0.05, 0.1) is 5.56 Å². The van der Waals surface area contributed by atoms with Gasteiger partial charge in [0.25, 0.3) is 0 Å². The molecule has 0 fully saturated rings. The summed E-state index contributed by atoms with van der Waals surface area (Å²) in [6, 6.07) is 7.82. The first-order chi connectivity index (χ1) is 10.2. The molecule has 0 saturated carbocycles. The van der Waals surface area contributed by atoms with Crippen molar-refractivity contribution < 1.29 is 23.4 Å². The van der Waals surface area contributed by atoms with Crippen molar-refractivity contribution in [3.8, 4) is 17.2 Å². The maximum absolute atomic E-state index is 13.7. The van der Waals surface area contributed by atoms with Crippen molar-refractivity contribution in [2.45, 2.75) is 6.61 Å². The molecule has 0 atom stereocenters. The highest BCUT2D eigenvalue weighted by Crippen LogP contribution is 2.37. The Hall–Kier alpha value is -2.08. The van der Waals surface area contributed by atoms with E-state index in [0.717, 1.165) is 0 Å². The van der Waals surface area contributed by atoms with Gasteiger partial charge in [-0.2, -0.15) is 0 Å². The maximum Gasteiger partial charge on any atom is 0.231 e. The maximum atomic E-state index is 13.7. The fourth-order valence-electron chi connectivity index (χ4n) is 1.95. The van der Waals surface area contributed by atoms with Crippen LogP contribution in [-0.2, 0) is 6.61 Å². The molecule has 3 rings (SSSR count). The zero-order valence-electron chi connectivity index (χ0n) is 10.8. The van der Waals surface area contributed by atoms with Crippen LogP contribution in [0.25, 0.3) is 0 Å². The second-order valence-electron chi connectivity index (χ2n) is 4.39. The summed E-state index contributed by atoms with van der Waals surface area (Å²) in [6.45, 7) is 0.123. The summed E-state index contributed by atoms with van der Waals surface area (Å²) >= 11 is 3.19. The second-order valence-corrected chi connectivity index (χ2v) is 5.30. The lowest BCUT2D eigenvalue weighted by Crippen LogP contribution is -2.00. The molecule has 1 heterocycles. The van der Waals surface area contributed by atoms with Gasteiger partial charge in [-0.15, -0.1) is 0 Å². The fraction of sp³-hybridized carbons (Fsp3) is 0.133. The molecule has 0 unspecified atom stereocenters. The Morgan fingerprint density at radius 2 is 2.00 bits per heavy atom. The van der Waals surface area contributed by atoms with Gasteiger partial charge in [0.2, 0.25) is 6.79 Å². The molecule has 4 nitrogen and oxygen atoms in total. The van der Waals surface area contributed by atoms with Crippen molar-refractivity contribution in [1.82, 2.24) is 0 Å². The summed E-state index contributed by atoms with van der Waals surface area (Å²) in [5.74, 6) is 0.959. The molecule has 21 heavy (non-hydrogen) atoms. The lowest BCUT2D eigenvalue weighted by atomic mass is 10.2. The van der Waals surface area contributed by atoms with Gasteiger partial charge in [0, 0.05) is 16.1 Å². The lowest BCUT2D eigenvalue weighted by molar-refractivity contribution is 0.111. The molecule has 1 aliphatic rings. The molecule has 108 valence electrons. The van der Waals surface area contributed by atoms with Gasteiger partial charge < -0.3 is 14.2 Å². The van der Waals surface area contributed by atoms with Gasteiger partial charge in [-0.25, -0.2) is 4.39 Å². The second kappa shape index (κ2) is 5.73. The number of fused-ring (bicyclic) bond motifs is 1. The summed E-state index contributed by atoms with van der Waals surface area (Å²) < 4.78 is 30.3. The third-order valence-electron chi connectivity index (χ3n) is 3.03. The topological polar surface area (TPSA) is 44.8 Å². The van der Waals surface area contributed by atoms with Crippen molar-refractivity contribution >= 4 is 22.2 Å². The molecule has 0 bridgehead atoms. The van der Waals surface area contributed by atoms with Gasteiger partial charge >= 0.3 is 0 Å². The number of benzene rings is 2. The third-order valence-corrected chi connectivity index (χ3v) is 3.52. The predicted molar refractivity (Wildman–Crippen MR) is 76.4 cm³/mol. The molecular formula is C15H10BrFO4. The molecule has 2 aromatic rings. The highest BCUT2D eigenvalue weighted by atomic mass is 79.9. The van der Waals surface area contributed by atoms with Gasteiger partial charge in [0.15, 0.2) is 17.8 Å². The Kier molecular flexibility index (Phi) is 3.79. The first-order valence-electron chi connectivity index (χ1n) is 6.13. The average Bonchev–Trinajstić information content (AvgIpc) is 2.92. The quantitative estimate of drug-likeness (QED) is 0.787. The van der Waals surface area contributed by atoms with Gasteiger partial charge in [-0.05, 0) is 18.2 Å². The van der Waals surface area contributed by atoms with Crippen LogP contribution in [0.4, 0.5) is 4.39 Å². The van der Waals surface area contributed by atoms with Crippen LogP contribution in [0, 0.1) is 5.82 Å². The van der Waals surface area contributed by atoms with E-state index in [9.17, 15) is 9.18 Å². The lowest BCUT2D eigenvalue weighted by Gasteiger charge is -2.10. The van der Waals surface area contributed by atoms with Crippen LogP contribution < -0.4 is 14.2 Å². The number of hydrogen-bond acceptors (Lipinski definition) is 4. The number of ether oxygens (including phenoxy) is 3. The van der Waals surface area contributed by atoms with Crippen LogP contribution in [0.2, 0.25) is 0 Å². The summed E-state index contributed by atoms with van der Waals surface area (Å²) in [5.41, 5.74) is 0.726. The molecule has 0 saturated heterocycles. The molecule has 1 aliphatic heterocycles. The van der Waals surface area contributed by atoms with E-state index in [1.54, 1.807) is 24.3 Å². The molecule has 2 aromatic carbocycles. The average molecular weight is 353 g/mol. The Labute approximate surface area is 128 Å². The van der Waals surface area contributed by atoms with E-state index in [0.29, 0.717) is 39.1 Å². The predicted octanol–water partition coefficient (Wildman–Crippen LogP) is 3.71. The van der Waals surface area contributed by atoms with Crippen molar-refractivity contribution in [1.29, 1.82) is 0 Å². The molecule has 0 spiro atoms. The fourth-order valence-corrected chi connectivity index (χ4v) is 2.28. The van der Waals surface area contributed by atoms with E-state index in [-0.39, 0.29) is 19.2 Å². The molecule has 0 aromatic heterocycles. The Morgan fingerprint density at radius 3 is 2.71 bits per heavy atom. The van der Waals surface area contributed by atoms with E-state index < -0.39 is 0 Å². The number of aldehydes is 1. The summed E-state index contributed by atoms with van der Waals surface area (Å²) in [5, 5.41) is 0. The Bertz CT molecular complexity index is 702. The zero-order chi connectivity index (χ0) is 14.8. The van der Waals surface area contributed by atoms with Crippen LogP contribution in [0.3, 0.4) is 0 Å². The zero-order valence-corrected chi connectivity index (χ0v) is 12.4. The van der Waals surface area contributed by atoms with E-state index in [1.807, 2.05) is 0 Å². The molecule has 0 N–H and O–H groups in total. The molecule has 0 radical (unpaired) electrons. The summed E-state index contributed by atoms with van der Waals surface area (Å²) in [4.78, 5) is 11.1. The van der Waals surface area contributed by atoms with Crippen LogP contribution in [0.15, 0.2) is 34.8 Å². The summed E-state index contributed by atoms with van der Waals surface area (Å²) in [7, 11) is 0. The highest BCUT2D eigenvalue weighted by molar-refractivity contribution is 9.10. The van der Waals surface area contributed by atoms with Gasteiger partial charge in [0.1, 0.15) is 18.2 Å². The van der Waals surface area contributed by atoms with Crippen molar-refractivity contribution in [2.75, 3.05) is 6.79 Å². The highest BCUT2D eigenvalue weighted by Gasteiger charge is 2.18. The van der Waals surface area contributed by atoms with Gasteiger partial charge in [-0.3, -0.25) is 4.79 Å². The van der Waals surface area contributed by atoms with Crippen LogP contribution in [0.1, 0.15) is 15.9 Å². The minimum Gasteiger partial charge on any atom is -0.488 e. The standard InChI is InChI=1S/C15H10BrFO4/c16-11-2-1-9(12(17)4-11)7-19-13-5-15-14(20-8-21-15)3-10(13)6-18/h1-6H,7-8H2. The SMILES string of the molecule is O=Cc1cc2c(cc1OCc1ccc(Br)cc1F)OCO2. The van der Waals surface area contributed by atoms with Crippen molar-refractivity contribution in [3.63, 3.8) is 0 Å². The molecule has 6 heteroatoms. The van der Waals surface area contributed by atoms with E-state index in [2.05, 4.69) is 15.9 Å². The van der Waals surface area contributed by atoms with E-state index in [1.165, 1.54) is 6.07 Å². The minimum absolute atomic E-state index is 0.0135. The van der Waals surface area contributed by atoms with Crippen LogP contribution in [-0.4, -0.2) is 13.1 Å². The third kappa shape index (κ3) is 2.85. The normalized spacial score (nSPS) is 12.3.